The number of nitrogens with zero attached hydrogens (tertiary/aromatic N) is 2. The Balaban J connectivity index is 1.23. The molecule has 3 aliphatic rings. The molecule has 0 bridgehead atoms. The summed E-state index contributed by atoms with van der Waals surface area (Å²) in [4.78, 5) is 33.5. The van der Waals surface area contributed by atoms with Gasteiger partial charge in [-0.2, -0.15) is 0 Å². The Kier molecular flexibility index (Phi) is 7.93. The molecule has 3 aromatic rings. The van der Waals surface area contributed by atoms with Crippen molar-refractivity contribution in [1.82, 2.24) is 9.80 Å². The highest BCUT2D eigenvalue weighted by Crippen LogP contribution is 2.44. The topological polar surface area (TPSA) is 40.6 Å². The molecule has 6 rings (SSSR count). The normalized spacial score (nSPS) is 22.9. The lowest BCUT2D eigenvalue weighted by atomic mass is 9.84. The molecule has 2 fully saturated rings. The molecule has 5 heteroatoms. The van der Waals surface area contributed by atoms with E-state index in [4.69, 9.17) is 0 Å². The average molecular weight is 553 g/mol. The van der Waals surface area contributed by atoms with Gasteiger partial charge in [-0.25, -0.2) is 0 Å². The molecule has 208 valence electrons. The predicted octanol–water partition coefficient (Wildman–Crippen LogP) is 8.62. The van der Waals surface area contributed by atoms with Gasteiger partial charge in [0.25, 0.3) is 11.8 Å². The first-order chi connectivity index (χ1) is 19.6. The van der Waals surface area contributed by atoms with Gasteiger partial charge in [-0.3, -0.25) is 9.59 Å². The third-order valence-corrected chi connectivity index (χ3v) is 10.3. The average Bonchev–Trinajstić information content (AvgIpc) is 3.60. The Hall–Kier alpha value is -3.18. The second-order valence-corrected chi connectivity index (χ2v) is 12.7. The lowest BCUT2D eigenvalue weighted by molar-refractivity contribution is 0.0327. The number of benzene rings is 2. The van der Waals surface area contributed by atoms with Crippen molar-refractivity contribution < 1.29 is 9.59 Å². The summed E-state index contributed by atoms with van der Waals surface area (Å²) in [5.41, 5.74) is 4.56. The number of hydrogen-bond acceptors (Lipinski definition) is 3. The molecule has 1 aliphatic carbocycles. The zero-order valence-electron chi connectivity index (χ0n) is 23.7. The molecule has 1 saturated carbocycles. The summed E-state index contributed by atoms with van der Waals surface area (Å²) in [5.74, 6) is 0.936. The van der Waals surface area contributed by atoms with E-state index in [9.17, 15) is 9.59 Å². The summed E-state index contributed by atoms with van der Waals surface area (Å²) in [7, 11) is 0. The van der Waals surface area contributed by atoms with Crippen LogP contribution in [0.3, 0.4) is 0 Å². The van der Waals surface area contributed by atoms with Crippen molar-refractivity contribution in [3.63, 3.8) is 0 Å². The van der Waals surface area contributed by atoms with E-state index in [0.717, 1.165) is 46.7 Å². The zero-order valence-corrected chi connectivity index (χ0v) is 24.5. The summed E-state index contributed by atoms with van der Waals surface area (Å²) < 4.78 is 0. The molecule has 0 spiro atoms. The van der Waals surface area contributed by atoms with Crippen molar-refractivity contribution >= 4 is 23.2 Å². The highest BCUT2D eigenvalue weighted by molar-refractivity contribution is 7.17. The number of amides is 2. The second kappa shape index (κ2) is 11.7. The van der Waals surface area contributed by atoms with Gasteiger partial charge in [0.2, 0.25) is 0 Å². The van der Waals surface area contributed by atoms with Gasteiger partial charge in [-0.15, -0.1) is 11.3 Å². The first kappa shape index (κ1) is 27.0. The van der Waals surface area contributed by atoms with Crippen molar-refractivity contribution in [2.75, 3.05) is 6.54 Å². The highest BCUT2D eigenvalue weighted by Gasteiger charge is 2.46. The third-order valence-electron chi connectivity index (χ3n) is 9.16. The summed E-state index contributed by atoms with van der Waals surface area (Å²) in [5, 5.41) is 0. The minimum Gasteiger partial charge on any atom is -0.335 e. The SMILES string of the molecule is C/C=C/[C@@H]1C[C@@H](N(CCC)C(=O)c2ccc(-c3ccc(C4CCCCC4)cc3)s2)C[C@H]2c3ccccc3C(=O)N12. The van der Waals surface area contributed by atoms with E-state index in [1.54, 1.807) is 11.3 Å². The van der Waals surface area contributed by atoms with Crippen LogP contribution in [0.25, 0.3) is 10.4 Å². The standard InChI is InChI=1S/C35H40N2O2S/c1-3-10-27-22-28(23-31-29-13-8-9-14-30(29)34(38)37(27)31)36(21-4-2)35(39)33-20-19-32(40-33)26-17-15-25(16-18-26)24-11-6-5-7-12-24/h3,8-10,13-20,24,27-28,31H,4-7,11-12,21-23H2,1-2H3/b10-3+/t27-,28-,31+/m1/s1. The summed E-state index contributed by atoms with van der Waals surface area (Å²) in [6.45, 7) is 4.87. The van der Waals surface area contributed by atoms with E-state index in [1.165, 1.54) is 43.2 Å². The Morgan fingerprint density at radius 2 is 1.77 bits per heavy atom. The van der Waals surface area contributed by atoms with Crippen molar-refractivity contribution in [1.29, 1.82) is 0 Å². The van der Waals surface area contributed by atoms with Gasteiger partial charge in [-0.1, -0.05) is 80.8 Å². The predicted molar refractivity (Wildman–Crippen MR) is 164 cm³/mol. The molecule has 2 aromatic carbocycles. The maximum absolute atomic E-state index is 14.0. The number of hydrogen-bond donors (Lipinski definition) is 0. The fourth-order valence-electron chi connectivity index (χ4n) is 7.23. The van der Waals surface area contributed by atoms with Crippen molar-refractivity contribution in [3.8, 4) is 10.4 Å². The Morgan fingerprint density at radius 1 is 1.00 bits per heavy atom. The largest absolute Gasteiger partial charge is 0.335 e. The number of thiophene rings is 1. The van der Waals surface area contributed by atoms with Crippen LogP contribution in [0.1, 0.15) is 108 Å². The minimum absolute atomic E-state index is 0.0115. The number of carbonyl (C=O) groups excluding carboxylic acids is 2. The molecular formula is C35H40N2O2S. The molecule has 0 radical (unpaired) electrons. The summed E-state index contributed by atoms with van der Waals surface area (Å²) >= 11 is 1.60. The molecular weight excluding hydrogens is 512 g/mol. The monoisotopic (exact) mass is 552 g/mol. The van der Waals surface area contributed by atoms with E-state index in [2.05, 4.69) is 59.2 Å². The van der Waals surface area contributed by atoms with Crippen LogP contribution >= 0.6 is 11.3 Å². The zero-order chi connectivity index (χ0) is 27.6. The lowest BCUT2D eigenvalue weighted by Gasteiger charge is -2.44. The number of allylic oxidation sites excluding steroid dienone is 1. The Morgan fingerprint density at radius 3 is 2.52 bits per heavy atom. The number of rotatable bonds is 7. The molecule has 40 heavy (non-hydrogen) atoms. The number of carbonyl (C=O) groups is 2. The van der Waals surface area contributed by atoms with Crippen LogP contribution in [0.2, 0.25) is 0 Å². The van der Waals surface area contributed by atoms with Gasteiger partial charge in [0, 0.05) is 23.0 Å². The maximum Gasteiger partial charge on any atom is 0.264 e. The van der Waals surface area contributed by atoms with Crippen LogP contribution in [0.4, 0.5) is 0 Å². The lowest BCUT2D eigenvalue weighted by Crippen LogP contribution is -2.52. The van der Waals surface area contributed by atoms with Crippen molar-refractivity contribution in [3.05, 3.63) is 94.4 Å². The fraction of sp³-hybridized carbons (Fsp3) is 0.429. The summed E-state index contributed by atoms with van der Waals surface area (Å²) in [6.07, 6.45) is 13.3. The van der Waals surface area contributed by atoms with Crippen LogP contribution in [0.15, 0.2) is 72.8 Å². The second-order valence-electron chi connectivity index (χ2n) is 11.7. The Labute approximate surface area is 242 Å². The van der Waals surface area contributed by atoms with E-state index >= 15 is 0 Å². The molecule has 1 aromatic heterocycles. The molecule has 0 unspecified atom stereocenters. The van der Waals surface area contributed by atoms with Gasteiger partial charge in [0.05, 0.1) is 17.0 Å². The molecule has 3 heterocycles. The fourth-order valence-corrected chi connectivity index (χ4v) is 8.19. The first-order valence-electron chi connectivity index (χ1n) is 15.1. The van der Waals surface area contributed by atoms with E-state index in [1.807, 2.05) is 37.3 Å². The molecule has 1 saturated heterocycles. The number of fused-ring (bicyclic) bond motifs is 3. The van der Waals surface area contributed by atoms with Gasteiger partial charge >= 0.3 is 0 Å². The molecule has 2 aliphatic heterocycles. The third kappa shape index (κ3) is 5.05. The molecule has 4 nitrogen and oxygen atoms in total. The smallest absolute Gasteiger partial charge is 0.264 e. The van der Waals surface area contributed by atoms with Crippen LogP contribution < -0.4 is 0 Å². The van der Waals surface area contributed by atoms with Gasteiger partial charge in [0.1, 0.15) is 0 Å². The molecule has 2 amide bonds. The van der Waals surface area contributed by atoms with Crippen LogP contribution in [0.5, 0.6) is 0 Å². The van der Waals surface area contributed by atoms with Gasteiger partial charge in [0.15, 0.2) is 0 Å². The van der Waals surface area contributed by atoms with Crippen molar-refractivity contribution in [2.24, 2.45) is 0 Å². The number of piperidine rings is 1. The maximum atomic E-state index is 14.0. The van der Waals surface area contributed by atoms with E-state index in [-0.39, 0.29) is 29.9 Å². The molecule has 0 N–H and O–H groups in total. The van der Waals surface area contributed by atoms with Crippen LogP contribution in [-0.4, -0.2) is 40.2 Å². The van der Waals surface area contributed by atoms with Gasteiger partial charge in [-0.05, 0) is 79.8 Å². The Bertz CT molecular complexity index is 1380. The van der Waals surface area contributed by atoms with Crippen LogP contribution in [-0.2, 0) is 0 Å². The van der Waals surface area contributed by atoms with Crippen LogP contribution in [0, 0.1) is 0 Å². The van der Waals surface area contributed by atoms with E-state index in [0.29, 0.717) is 5.92 Å². The first-order valence-corrected chi connectivity index (χ1v) is 16.0. The van der Waals surface area contributed by atoms with Gasteiger partial charge < -0.3 is 9.80 Å². The van der Waals surface area contributed by atoms with E-state index < -0.39 is 0 Å². The quantitative estimate of drug-likeness (QED) is 0.275. The minimum atomic E-state index is -0.0117. The van der Waals surface area contributed by atoms with Crippen molar-refractivity contribution in [2.45, 2.75) is 89.3 Å². The highest BCUT2D eigenvalue weighted by atomic mass is 32.1. The summed E-state index contributed by atoms with van der Waals surface area (Å²) in [6, 6.07) is 21.3. The molecule has 3 atom stereocenters.